The number of amides is 1. The van der Waals surface area contributed by atoms with Crippen LogP contribution in [0.4, 0.5) is 5.69 Å². The molecule has 0 aliphatic carbocycles. The molecule has 2 saturated heterocycles. The zero-order valence-electron chi connectivity index (χ0n) is 13.5. The van der Waals surface area contributed by atoms with E-state index >= 15 is 0 Å². The third kappa shape index (κ3) is 2.86. The number of nitro groups is 1. The van der Waals surface area contributed by atoms with E-state index in [4.69, 9.17) is 0 Å². The van der Waals surface area contributed by atoms with Gasteiger partial charge in [-0.25, -0.2) is 4.68 Å². The van der Waals surface area contributed by atoms with E-state index in [1.807, 2.05) is 4.90 Å². The predicted molar refractivity (Wildman–Crippen MR) is 88.5 cm³/mol. The molecule has 1 aromatic heterocycles. The first-order valence-corrected chi connectivity index (χ1v) is 8.34. The minimum Gasteiger partial charge on any atom is -0.330 e. The van der Waals surface area contributed by atoms with Crippen LogP contribution in [0.15, 0.2) is 30.5 Å². The topological polar surface area (TPSA) is 106 Å². The number of nitrogens with one attached hydrogen (secondary N) is 1. The van der Waals surface area contributed by atoms with Gasteiger partial charge in [0.2, 0.25) is 0 Å². The maximum absolute atomic E-state index is 12.9. The van der Waals surface area contributed by atoms with Crippen LogP contribution in [0.5, 0.6) is 0 Å². The number of non-ortho nitro benzene ring substituents is 1. The number of carbonyl (C=O) groups is 1. The number of fused-ring (bicyclic) bond motifs is 2. The average Bonchev–Trinajstić information content (AvgIpc) is 3.18. The molecule has 0 radical (unpaired) electrons. The second-order valence-corrected chi connectivity index (χ2v) is 6.42. The Labute approximate surface area is 143 Å². The Hall–Kier alpha value is -2.81. The summed E-state index contributed by atoms with van der Waals surface area (Å²) < 4.78 is 1.40. The normalized spacial score (nSPS) is 22.6. The number of nitro benzene ring substituents is 1. The van der Waals surface area contributed by atoms with Crippen LogP contribution in [0.1, 0.15) is 29.8 Å². The number of rotatable bonds is 3. The summed E-state index contributed by atoms with van der Waals surface area (Å²) >= 11 is 0. The molecule has 0 saturated carbocycles. The molecular weight excluding hydrogens is 324 g/mol. The number of hydrogen-bond donors (Lipinski definition) is 1. The van der Waals surface area contributed by atoms with Gasteiger partial charge in [0.1, 0.15) is 0 Å². The van der Waals surface area contributed by atoms with Crippen LogP contribution in [0.25, 0.3) is 5.69 Å². The first-order valence-electron chi connectivity index (χ1n) is 8.34. The first kappa shape index (κ1) is 15.7. The van der Waals surface area contributed by atoms with Gasteiger partial charge in [0.05, 0.1) is 16.8 Å². The lowest BCUT2D eigenvalue weighted by atomic mass is 10.1. The fourth-order valence-corrected chi connectivity index (χ4v) is 3.68. The number of aromatic nitrogens is 3. The van der Waals surface area contributed by atoms with Crippen molar-refractivity contribution in [3.63, 3.8) is 0 Å². The molecule has 0 spiro atoms. The Bertz CT molecular complexity index is 806. The lowest BCUT2D eigenvalue weighted by Crippen LogP contribution is -2.42. The summed E-state index contributed by atoms with van der Waals surface area (Å²) in [5, 5.41) is 22.3. The molecule has 3 heterocycles. The zero-order valence-corrected chi connectivity index (χ0v) is 13.5. The van der Waals surface area contributed by atoms with Gasteiger partial charge in [-0.2, -0.15) is 0 Å². The van der Waals surface area contributed by atoms with Crippen molar-refractivity contribution in [2.24, 2.45) is 0 Å². The Morgan fingerprint density at radius 2 is 2.12 bits per heavy atom. The quantitative estimate of drug-likeness (QED) is 0.662. The molecule has 2 fully saturated rings. The van der Waals surface area contributed by atoms with Crippen LogP contribution >= 0.6 is 0 Å². The fraction of sp³-hybridized carbons (Fsp3) is 0.438. The predicted octanol–water partition coefficient (Wildman–Crippen LogP) is 1.14. The minimum absolute atomic E-state index is 0.0301. The van der Waals surface area contributed by atoms with Gasteiger partial charge in [0.25, 0.3) is 11.6 Å². The highest BCUT2D eigenvalue weighted by molar-refractivity contribution is 5.92. The summed E-state index contributed by atoms with van der Waals surface area (Å²) in [6.45, 7) is 1.73. The van der Waals surface area contributed by atoms with Gasteiger partial charge in [-0.1, -0.05) is 11.3 Å². The zero-order chi connectivity index (χ0) is 17.4. The number of nitrogens with zero attached hydrogens (tertiary/aromatic N) is 5. The van der Waals surface area contributed by atoms with E-state index in [0.29, 0.717) is 5.69 Å². The maximum atomic E-state index is 12.9. The van der Waals surface area contributed by atoms with Crippen molar-refractivity contribution >= 4 is 11.6 Å². The summed E-state index contributed by atoms with van der Waals surface area (Å²) in [5.74, 6) is -0.118. The molecule has 25 heavy (non-hydrogen) atoms. The third-order valence-electron chi connectivity index (χ3n) is 4.91. The van der Waals surface area contributed by atoms with Gasteiger partial charge in [0, 0.05) is 30.8 Å². The van der Waals surface area contributed by atoms with Gasteiger partial charge in [-0.05, 0) is 31.9 Å². The molecule has 9 nitrogen and oxygen atoms in total. The molecule has 2 atom stereocenters. The van der Waals surface area contributed by atoms with Crippen LogP contribution in [-0.2, 0) is 0 Å². The highest BCUT2D eigenvalue weighted by atomic mass is 16.6. The van der Waals surface area contributed by atoms with Crippen molar-refractivity contribution in [1.82, 2.24) is 25.2 Å². The van der Waals surface area contributed by atoms with E-state index in [1.54, 1.807) is 18.3 Å². The third-order valence-corrected chi connectivity index (χ3v) is 4.91. The van der Waals surface area contributed by atoms with Crippen molar-refractivity contribution in [3.05, 3.63) is 46.3 Å². The van der Waals surface area contributed by atoms with Crippen LogP contribution in [-0.4, -0.2) is 55.9 Å². The van der Waals surface area contributed by atoms with Gasteiger partial charge in [-0.3, -0.25) is 14.9 Å². The Balaban J connectivity index is 1.60. The molecule has 4 rings (SSSR count). The van der Waals surface area contributed by atoms with Crippen LogP contribution in [0.3, 0.4) is 0 Å². The van der Waals surface area contributed by atoms with Gasteiger partial charge in [-0.15, -0.1) is 5.10 Å². The number of carbonyl (C=O) groups excluding carboxylic acids is 1. The monoisotopic (exact) mass is 342 g/mol. The molecule has 2 unspecified atom stereocenters. The molecule has 2 bridgehead atoms. The summed E-state index contributed by atoms with van der Waals surface area (Å²) in [7, 11) is 0. The van der Waals surface area contributed by atoms with E-state index in [1.165, 1.54) is 16.8 Å². The molecule has 2 aliphatic rings. The van der Waals surface area contributed by atoms with E-state index < -0.39 is 4.92 Å². The Kier molecular flexibility index (Phi) is 3.92. The Morgan fingerprint density at radius 1 is 1.28 bits per heavy atom. The van der Waals surface area contributed by atoms with Crippen LogP contribution in [0.2, 0.25) is 0 Å². The molecule has 1 N–H and O–H groups in total. The average molecular weight is 342 g/mol. The van der Waals surface area contributed by atoms with Crippen molar-refractivity contribution in [2.75, 3.05) is 13.1 Å². The largest absolute Gasteiger partial charge is 0.330 e. The molecule has 1 amide bonds. The number of hydrogen-bond acceptors (Lipinski definition) is 6. The van der Waals surface area contributed by atoms with Gasteiger partial charge < -0.3 is 10.2 Å². The smallest absolute Gasteiger partial charge is 0.276 e. The second kappa shape index (κ2) is 6.25. The molecule has 9 heteroatoms. The van der Waals surface area contributed by atoms with Crippen LogP contribution in [0, 0.1) is 10.1 Å². The molecule has 2 aliphatic heterocycles. The number of benzene rings is 1. The van der Waals surface area contributed by atoms with E-state index in [9.17, 15) is 14.9 Å². The van der Waals surface area contributed by atoms with Crippen molar-refractivity contribution < 1.29 is 9.72 Å². The fourth-order valence-electron chi connectivity index (χ4n) is 3.68. The van der Waals surface area contributed by atoms with E-state index in [2.05, 4.69) is 15.6 Å². The molecular formula is C16H18N6O3. The van der Waals surface area contributed by atoms with Crippen LogP contribution < -0.4 is 5.32 Å². The van der Waals surface area contributed by atoms with E-state index in [-0.39, 0.29) is 29.4 Å². The summed E-state index contributed by atoms with van der Waals surface area (Å²) in [6, 6.07) is 6.53. The standard InChI is InChI=1S/C16H18N6O3/c23-16(21-11-4-5-14(21)9-17-7-6-11)15-10-20(19-18-15)12-2-1-3-13(8-12)22(24)25/h1-3,8,10-11,14,17H,4-7,9H2. The molecule has 130 valence electrons. The second-order valence-electron chi connectivity index (χ2n) is 6.42. The lowest BCUT2D eigenvalue weighted by molar-refractivity contribution is -0.384. The summed E-state index contributed by atoms with van der Waals surface area (Å²) in [5.41, 5.74) is 0.740. The van der Waals surface area contributed by atoms with Crippen molar-refractivity contribution in [2.45, 2.75) is 31.3 Å². The highest BCUT2D eigenvalue weighted by Crippen LogP contribution is 2.29. The van der Waals surface area contributed by atoms with Gasteiger partial charge >= 0.3 is 0 Å². The van der Waals surface area contributed by atoms with E-state index in [0.717, 1.165) is 32.4 Å². The summed E-state index contributed by atoms with van der Waals surface area (Å²) in [4.78, 5) is 25.3. The SMILES string of the molecule is O=C(c1cn(-c2cccc([N+](=O)[O-])c2)nn1)N1C2CCNCC1CC2. The minimum atomic E-state index is -0.464. The molecule has 1 aromatic carbocycles. The molecule has 2 aromatic rings. The lowest BCUT2D eigenvalue weighted by Gasteiger charge is -2.26. The summed E-state index contributed by atoms with van der Waals surface area (Å²) in [6.07, 6.45) is 4.51. The van der Waals surface area contributed by atoms with Gasteiger partial charge in [0.15, 0.2) is 5.69 Å². The highest BCUT2D eigenvalue weighted by Gasteiger charge is 2.39. The first-order chi connectivity index (χ1) is 12.1. The maximum Gasteiger partial charge on any atom is 0.276 e. The van der Waals surface area contributed by atoms with Crippen molar-refractivity contribution in [1.29, 1.82) is 0 Å². The Morgan fingerprint density at radius 3 is 2.96 bits per heavy atom. The van der Waals surface area contributed by atoms with Crippen molar-refractivity contribution in [3.8, 4) is 5.69 Å².